The fraction of sp³-hybridized carbons (Fsp3) is 0.188. The van der Waals surface area contributed by atoms with Crippen LogP contribution in [0.1, 0.15) is 21.5 Å². The van der Waals surface area contributed by atoms with Crippen molar-refractivity contribution in [2.45, 2.75) is 13.5 Å². The van der Waals surface area contributed by atoms with E-state index in [-0.39, 0.29) is 5.91 Å². The summed E-state index contributed by atoms with van der Waals surface area (Å²) < 4.78 is 0.868. The van der Waals surface area contributed by atoms with E-state index in [0.717, 1.165) is 10.0 Å². The zero-order valence-electron chi connectivity index (χ0n) is 11.6. The summed E-state index contributed by atoms with van der Waals surface area (Å²) in [5.41, 5.74) is 9.22. The van der Waals surface area contributed by atoms with Crippen LogP contribution in [0.4, 0.5) is 5.69 Å². The molecule has 0 aliphatic carbocycles. The van der Waals surface area contributed by atoms with Gasteiger partial charge in [0.25, 0.3) is 5.91 Å². The highest BCUT2D eigenvalue weighted by Crippen LogP contribution is 2.20. The summed E-state index contributed by atoms with van der Waals surface area (Å²) in [5.74, 6) is -0.0735. The van der Waals surface area contributed by atoms with Crippen molar-refractivity contribution in [1.82, 2.24) is 4.90 Å². The lowest BCUT2D eigenvalue weighted by molar-refractivity contribution is 0.0786. The number of halogens is 1. The van der Waals surface area contributed by atoms with E-state index in [1.54, 1.807) is 24.1 Å². The molecule has 0 heterocycles. The molecular weight excluding hydrogens is 316 g/mol. The second kappa shape index (κ2) is 6.09. The number of benzene rings is 2. The van der Waals surface area contributed by atoms with Crippen molar-refractivity contribution in [3.05, 3.63) is 63.6 Å². The Kier molecular flexibility index (Phi) is 4.45. The van der Waals surface area contributed by atoms with E-state index in [4.69, 9.17) is 5.73 Å². The minimum Gasteiger partial charge on any atom is -0.398 e. The van der Waals surface area contributed by atoms with Gasteiger partial charge in [0.2, 0.25) is 0 Å². The quantitative estimate of drug-likeness (QED) is 0.872. The minimum atomic E-state index is -0.0735. The molecule has 2 aromatic rings. The molecule has 0 radical (unpaired) electrons. The molecule has 1 amide bonds. The summed E-state index contributed by atoms with van der Waals surface area (Å²) in [6.45, 7) is 2.61. The lowest BCUT2D eigenvalue weighted by Crippen LogP contribution is -2.26. The molecule has 104 valence electrons. The number of anilines is 1. The number of hydrogen-bond donors (Lipinski definition) is 1. The Morgan fingerprint density at radius 3 is 2.45 bits per heavy atom. The smallest absolute Gasteiger partial charge is 0.255 e. The normalized spacial score (nSPS) is 10.3. The standard InChI is InChI=1S/C16H17BrN2O/c1-11-3-5-12(6-4-11)10-19(2)16(20)14-8-7-13(17)9-15(14)18/h3-9H,10,18H2,1-2H3. The SMILES string of the molecule is Cc1ccc(CN(C)C(=O)c2ccc(Br)cc2N)cc1. The molecule has 0 atom stereocenters. The zero-order valence-corrected chi connectivity index (χ0v) is 13.1. The van der Waals surface area contributed by atoms with Gasteiger partial charge in [-0.25, -0.2) is 0 Å². The third-order valence-corrected chi connectivity index (χ3v) is 3.62. The van der Waals surface area contributed by atoms with E-state index in [9.17, 15) is 4.79 Å². The fourth-order valence-corrected chi connectivity index (χ4v) is 2.35. The molecule has 0 aromatic heterocycles. The van der Waals surface area contributed by atoms with Crippen LogP contribution in [0.5, 0.6) is 0 Å². The molecular formula is C16H17BrN2O. The van der Waals surface area contributed by atoms with Gasteiger partial charge in [-0.05, 0) is 30.7 Å². The van der Waals surface area contributed by atoms with Gasteiger partial charge in [-0.2, -0.15) is 0 Å². The monoisotopic (exact) mass is 332 g/mol. The van der Waals surface area contributed by atoms with Crippen LogP contribution in [0.2, 0.25) is 0 Å². The van der Waals surface area contributed by atoms with E-state index in [0.29, 0.717) is 17.8 Å². The Morgan fingerprint density at radius 2 is 1.85 bits per heavy atom. The summed E-state index contributed by atoms with van der Waals surface area (Å²) >= 11 is 3.34. The average Bonchev–Trinajstić information content (AvgIpc) is 2.40. The van der Waals surface area contributed by atoms with Crippen LogP contribution in [0.25, 0.3) is 0 Å². The van der Waals surface area contributed by atoms with Crippen molar-refractivity contribution in [2.24, 2.45) is 0 Å². The molecule has 0 aliphatic rings. The first-order chi connectivity index (χ1) is 9.47. The van der Waals surface area contributed by atoms with Crippen LogP contribution in [0.3, 0.4) is 0 Å². The summed E-state index contributed by atoms with van der Waals surface area (Å²) in [4.78, 5) is 14.0. The first-order valence-electron chi connectivity index (χ1n) is 6.33. The molecule has 0 spiro atoms. The van der Waals surface area contributed by atoms with Crippen LogP contribution in [0, 0.1) is 6.92 Å². The fourth-order valence-electron chi connectivity index (χ4n) is 1.97. The van der Waals surface area contributed by atoms with E-state index in [1.807, 2.05) is 37.3 Å². The number of rotatable bonds is 3. The molecule has 4 heteroatoms. The first-order valence-corrected chi connectivity index (χ1v) is 7.12. The van der Waals surface area contributed by atoms with Gasteiger partial charge in [0.05, 0.1) is 5.56 Å². The maximum absolute atomic E-state index is 12.4. The van der Waals surface area contributed by atoms with Gasteiger partial charge in [0.1, 0.15) is 0 Å². The van der Waals surface area contributed by atoms with Crippen LogP contribution in [-0.2, 0) is 6.54 Å². The van der Waals surface area contributed by atoms with Gasteiger partial charge in [0.15, 0.2) is 0 Å². The molecule has 0 saturated carbocycles. The third-order valence-electron chi connectivity index (χ3n) is 3.13. The van der Waals surface area contributed by atoms with Gasteiger partial charge in [-0.3, -0.25) is 4.79 Å². The summed E-state index contributed by atoms with van der Waals surface area (Å²) in [6.07, 6.45) is 0. The van der Waals surface area contributed by atoms with Crippen molar-refractivity contribution in [3.63, 3.8) is 0 Å². The zero-order chi connectivity index (χ0) is 14.7. The van der Waals surface area contributed by atoms with Crippen LogP contribution in [-0.4, -0.2) is 17.9 Å². The van der Waals surface area contributed by atoms with Crippen molar-refractivity contribution >= 4 is 27.5 Å². The number of carbonyl (C=O) groups excluding carboxylic acids is 1. The summed E-state index contributed by atoms with van der Waals surface area (Å²) in [6, 6.07) is 13.5. The Balaban J connectivity index is 2.14. The van der Waals surface area contributed by atoms with Crippen LogP contribution < -0.4 is 5.73 Å². The van der Waals surface area contributed by atoms with E-state index < -0.39 is 0 Å². The number of aryl methyl sites for hydroxylation is 1. The third kappa shape index (κ3) is 3.39. The maximum atomic E-state index is 12.4. The molecule has 0 aliphatic heterocycles. The average molecular weight is 333 g/mol. The number of nitrogen functional groups attached to an aromatic ring is 1. The highest BCUT2D eigenvalue weighted by Gasteiger charge is 2.15. The van der Waals surface area contributed by atoms with Crippen LogP contribution in [0.15, 0.2) is 46.9 Å². The largest absolute Gasteiger partial charge is 0.398 e. The van der Waals surface area contributed by atoms with Crippen molar-refractivity contribution in [1.29, 1.82) is 0 Å². The first kappa shape index (κ1) is 14.6. The molecule has 2 rings (SSSR count). The van der Waals surface area contributed by atoms with E-state index in [1.165, 1.54) is 5.56 Å². The topological polar surface area (TPSA) is 46.3 Å². The highest BCUT2D eigenvalue weighted by atomic mass is 79.9. The second-order valence-electron chi connectivity index (χ2n) is 4.88. The van der Waals surface area contributed by atoms with Gasteiger partial charge in [-0.1, -0.05) is 45.8 Å². The van der Waals surface area contributed by atoms with Crippen LogP contribution >= 0.6 is 15.9 Å². The molecule has 3 nitrogen and oxygen atoms in total. The minimum absolute atomic E-state index is 0.0735. The Bertz CT molecular complexity index is 623. The van der Waals surface area contributed by atoms with E-state index in [2.05, 4.69) is 15.9 Å². The number of amides is 1. The Labute approximate surface area is 127 Å². The van der Waals surface area contributed by atoms with Crippen molar-refractivity contribution in [2.75, 3.05) is 12.8 Å². The molecule has 20 heavy (non-hydrogen) atoms. The van der Waals surface area contributed by atoms with Gasteiger partial charge < -0.3 is 10.6 Å². The maximum Gasteiger partial charge on any atom is 0.255 e. The number of nitrogens with zero attached hydrogens (tertiary/aromatic N) is 1. The molecule has 0 saturated heterocycles. The Morgan fingerprint density at radius 1 is 1.20 bits per heavy atom. The van der Waals surface area contributed by atoms with E-state index >= 15 is 0 Å². The number of hydrogen-bond acceptors (Lipinski definition) is 2. The lowest BCUT2D eigenvalue weighted by Gasteiger charge is -2.18. The highest BCUT2D eigenvalue weighted by molar-refractivity contribution is 9.10. The molecule has 0 fully saturated rings. The number of carbonyl (C=O) groups is 1. The molecule has 0 unspecified atom stereocenters. The molecule has 2 N–H and O–H groups in total. The number of nitrogens with two attached hydrogens (primary N) is 1. The molecule has 0 bridgehead atoms. The lowest BCUT2D eigenvalue weighted by atomic mass is 10.1. The van der Waals surface area contributed by atoms with Gasteiger partial charge in [0, 0.05) is 23.8 Å². The second-order valence-corrected chi connectivity index (χ2v) is 5.79. The predicted molar refractivity (Wildman–Crippen MR) is 85.5 cm³/mol. The van der Waals surface area contributed by atoms with Crippen molar-refractivity contribution < 1.29 is 4.79 Å². The summed E-state index contributed by atoms with van der Waals surface area (Å²) in [5, 5.41) is 0. The van der Waals surface area contributed by atoms with Gasteiger partial charge in [-0.15, -0.1) is 0 Å². The van der Waals surface area contributed by atoms with Crippen molar-refractivity contribution in [3.8, 4) is 0 Å². The molecule has 2 aromatic carbocycles. The predicted octanol–water partition coefficient (Wildman–Crippen LogP) is 3.61. The van der Waals surface area contributed by atoms with Gasteiger partial charge >= 0.3 is 0 Å². The Hall–Kier alpha value is -1.81. The summed E-state index contributed by atoms with van der Waals surface area (Å²) in [7, 11) is 1.78.